The number of fused-ring (bicyclic) bond motifs is 3. The van der Waals surface area contributed by atoms with Crippen molar-refractivity contribution in [3.63, 3.8) is 0 Å². The summed E-state index contributed by atoms with van der Waals surface area (Å²) in [6.07, 6.45) is 4.82. The Balaban J connectivity index is 1.54. The van der Waals surface area contributed by atoms with E-state index in [0.29, 0.717) is 33.3 Å². The number of hydrogen-bond donors (Lipinski definition) is 3. The van der Waals surface area contributed by atoms with Crippen molar-refractivity contribution in [3.8, 4) is 0 Å². The molecule has 0 fully saturated rings. The highest BCUT2D eigenvalue weighted by Crippen LogP contribution is 2.37. The molecule has 3 heterocycles. The van der Waals surface area contributed by atoms with Gasteiger partial charge in [-0.3, -0.25) is 4.79 Å². The first-order chi connectivity index (χ1) is 17.1. The van der Waals surface area contributed by atoms with E-state index < -0.39 is 10.0 Å². The van der Waals surface area contributed by atoms with Crippen LogP contribution in [0.2, 0.25) is 10.0 Å². The van der Waals surface area contributed by atoms with Gasteiger partial charge in [0.25, 0.3) is 5.56 Å². The predicted octanol–water partition coefficient (Wildman–Crippen LogP) is 5.10. The Morgan fingerprint density at radius 1 is 1.11 bits per heavy atom. The summed E-state index contributed by atoms with van der Waals surface area (Å²) >= 11 is 16.4. The fourth-order valence-electron chi connectivity index (χ4n) is 3.78. The summed E-state index contributed by atoms with van der Waals surface area (Å²) in [5, 5.41) is 4.88. The molecule has 0 spiro atoms. The van der Waals surface area contributed by atoms with Crippen molar-refractivity contribution in [3.05, 3.63) is 85.7 Å². The molecule has 9 nitrogen and oxygen atoms in total. The van der Waals surface area contributed by atoms with E-state index in [-0.39, 0.29) is 32.7 Å². The first-order valence-corrected chi connectivity index (χ1v) is 13.5. The Morgan fingerprint density at radius 2 is 1.86 bits per heavy atom. The number of H-pyrrole nitrogens is 1. The number of rotatable bonds is 6. The number of nitrogens with zero attached hydrogens (tertiary/aromatic N) is 3. The first-order valence-electron chi connectivity index (χ1n) is 10.5. The van der Waals surface area contributed by atoms with Crippen LogP contribution in [-0.2, 0) is 23.6 Å². The van der Waals surface area contributed by atoms with Crippen LogP contribution < -0.4 is 15.6 Å². The maximum Gasteiger partial charge on any atom is 0.256 e. The van der Waals surface area contributed by atoms with Crippen molar-refractivity contribution >= 4 is 82.3 Å². The molecule has 0 amide bonds. The Hall–Kier alpha value is -2.96. The number of sulfonamides is 1. The number of benzene rings is 2. The maximum absolute atomic E-state index is 12.9. The molecule has 0 bridgehead atoms. The van der Waals surface area contributed by atoms with Gasteiger partial charge >= 0.3 is 0 Å². The lowest BCUT2D eigenvalue weighted by atomic mass is 10.1. The van der Waals surface area contributed by atoms with Gasteiger partial charge in [0.05, 0.1) is 38.1 Å². The Morgan fingerprint density at radius 3 is 2.56 bits per heavy atom. The number of aromatic nitrogens is 4. The van der Waals surface area contributed by atoms with E-state index in [1.54, 1.807) is 36.1 Å². The SMILES string of the molecule is Cn1ccnc1CNS(=O)(=O)c1cc(Cl)c(Nc2nc3ccc(Br)cc3c3c(=O)[nH]ccc23)c(Cl)c1. The fraction of sp³-hybridized carbons (Fsp3) is 0.0870. The van der Waals surface area contributed by atoms with Crippen molar-refractivity contribution in [2.75, 3.05) is 5.32 Å². The van der Waals surface area contributed by atoms with Crippen LogP contribution in [0.1, 0.15) is 5.82 Å². The molecule has 2 aromatic carbocycles. The van der Waals surface area contributed by atoms with E-state index in [1.807, 2.05) is 12.1 Å². The Kier molecular flexibility index (Phi) is 6.52. The number of hydrogen-bond acceptors (Lipinski definition) is 6. The van der Waals surface area contributed by atoms with Crippen molar-refractivity contribution < 1.29 is 8.42 Å². The van der Waals surface area contributed by atoms with E-state index in [1.165, 1.54) is 18.3 Å². The van der Waals surface area contributed by atoms with Crippen LogP contribution in [0.5, 0.6) is 0 Å². The van der Waals surface area contributed by atoms with Gasteiger partial charge in [0.2, 0.25) is 10.0 Å². The zero-order valence-corrected chi connectivity index (χ0v) is 22.4. The highest BCUT2D eigenvalue weighted by atomic mass is 79.9. The molecule has 3 aromatic heterocycles. The highest BCUT2D eigenvalue weighted by Gasteiger charge is 2.20. The normalized spacial score (nSPS) is 11.9. The minimum atomic E-state index is -3.93. The lowest BCUT2D eigenvalue weighted by molar-refractivity contribution is 0.577. The van der Waals surface area contributed by atoms with Crippen molar-refractivity contribution in [2.45, 2.75) is 11.4 Å². The molecule has 0 aliphatic carbocycles. The van der Waals surface area contributed by atoms with Gasteiger partial charge in [0.1, 0.15) is 11.6 Å². The number of aryl methyl sites for hydroxylation is 1. The van der Waals surface area contributed by atoms with Gasteiger partial charge in [0.15, 0.2) is 0 Å². The second-order valence-corrected chi connectivity index (χ2v) is 11.4. The average Bonchev–Trinajstić information content (AvgIpc) is 3.25. The summed E-state index contributed by atoms with van der Waals surface area (Å²) in [6.45, 7) is -0.00126. The molecule has 3 N–H and O–H groups in total. The predicted molar refractivity (Wildman–Crippen MR) is 145 cm³/mol. The topological polar surface area (TPSA) is 122 Å². The van der Waals surface area contributed by atoms with Crippen LogP contribution in [0.15, 0.2) is 69.2 Å². The minimum Gasteiger partial charge on any atom is -0.337 e. The molecule has 13 heteroatoms. The maximum atomic E-state index is 12.9. The van der Waals surface area contributed by atoms with Crippen molar-refractivity contribution in [1.82, 2.24) is 24.2 Å². The van der Waals surface area contributed by atoms with E-state index >= 15 is 0 Å². The van der Waals surface area contributed by atoms with E-state index in [4.69, 9.17) is 23.2 Å². The zero-order chi connectivity index (χ0) is 25.6. The minimum absolute atomic E-state index is 0.00126. The standard InChI is InChI=1S/C23H17BrCl2N6O3S/c1-32-7-6-27-19(32)11-29-36(34,35)13-9-16(25)21(17(26)10-13)31-22-14-4-5-28-23(33)20(14)15-8-12(24)2-3-18(15)30-22/h2-10,29H,11H2,1H3,(H,28,33)(H,30,31). The average molecular weight is 608 g/mol. The third-order valence-electron chi connectivity index (χ3n) is 5.59. The van der Waals surface area contributed by atoms with E-state index in [2.05, 4.69) is 40.9 Å². The van der Waals surface area contributed by atoms with Gasteiger partial charge in [-0.1, -0.05) is 39.1 Å². The van der Waals surface area contributed by atoms with Crippen LogP contribution in [0.3, 0.4) is 0 Å². The number of anilines is 2. The summed E-state index contributed by atoms with van der Waals surface area (Å²) in [5.74, 6) is 0.892. The highest BCUT2D eigenvalue weighted by molar-refractivity contribution is 9.10. The molecule has 5 rings (SSSR count). The summed E-state index contributed by atoms with van der Waals surface area (Å²) in [7, 11) is -2.16. The summed E-state index contributed by atoms with van der Waals surface area (Å²) < 4.78 is 30.7. The molecule has 0 atom stereocenters. The van der Waals surface area contributed by atoms with E-state index in [0.717, 1.165) is 4.47 Å². The first kappa shape index (κ1) is 24.7. The van der Waals surface area contributed by atoms with Crippen LogP contribution >= 0.6 is 39.1 Å². The van der Waals surface area contributed by atoms with Gasteiger partial charge in [-0.25, -0.2) is 23.1 Å². The van der Waals surface area contributed by atoms with Crippen LogP contribution in [0.4, 0.5) is 11.5 Å². The summed E-state index contributed by atoms with van der Waals surface area (Å²) in [6, 6.07) is 9.73. The molecular weight excluding hydrogens is 591 g/mol. The Labute approximate surface area is 223 Å². The summed E-state index contributed by atoms with van der Waals surface area (Å²) in [4.78, 5) is 24.1. The molecule has 0 saturated heterocycles. The van der Waals surface area contributed by atoms with Gasteiger partial charge in [0, 0.05) is 40.9 Å². The molecular formula is C23H17BrCl2N6O3S. The quantitative estimate of drug-likeness (QED) is 0.231. The number of pyridine rings is 2. The second-order valence-electron chi connectivity index (χ2n) is 7.88. The number of imidazole rings is 1. The van der Waals surface area contributed by atoms with Crippen LogP contribution in [-0.4, -0.2) is 27.9 Å². The molecule has 0 saturated carbocycles. The number of halogens is 3. The zero-order valence-electron chi connectivity index (χ0n) is 18.5. The van der Waals surface area contributed by atoms with Crippen LogP contribution in [0.25, 0.3) is 21.7 Å². The second kappa shape index (κ2) is 9.49. The van der Waals surface area contributed by atoms with Crippen LogP contribution in [0, 0.1) is 0 Å². The lowest BCUT2D eigenvalue weighted by Gasteiger charge is -2.15. The van der Waals surface area contributed by atoms with E-state index in [9.17, 15) is 13.2 Å². The molecule has 0 unspecified atom stereocenters. The monoisotopic (exact) mass is 606 g/mol. The molecule has 36 heavy (non-hydrogen) atoms. The van der Waals surface area contributed by atoms with Crippen molar-refractivity contribution in [2.24, 2.45) is 7.05 Å². The van der Waals surface area contributed by atoms with Crippen molar-refractivity contribution in [1.29, 1.82) is 0 Å². The number of aromatic amines is 1. The van der Waals surface area contributed by atoms with Gasteiger partial charge in [-0.15, -0.1) is 0 Å². The number of nitrogens with one attached hydrogen (secondary N) is 3. The molecule has 184 valence electrons. The van der Waals surface area contributed by atoms with Gasteiger partial charge in [-0.2, -0.15) is 0 Å². The summed E-state index contributed by atoms with van der Waals surface area (Å²) in [5.41, 5.74) is 0.556. The smallest absolute Gasteiger partial charge is 0.256 e. The lowest BCUT2D eigenvalue weighted by Crippen LogP contribution is -2.24. The molecule has 0 radical (unpaired) electrons. The third kappa shape index (κ3) is 4.60. The Bertz CT molecular complexity index is 1800. The van der Waals surface area contributed by atoms with Gasteiger partial charge in [-0.05, 0) is 36.4 Å². The third-order valence-corrected chi connectivity index (χ3v) is 8.06. The molecule has 0 aliphatic heterocycles. The largest absolute Gasteiger partial charge is 0.337 e. The fourth-order valence-corrected chi connectivity index (χ4v) is 5.88. The molecule has 5 aromatic rings. The molecule has 0 aliphatic rings. The van der Waals surface area contributed by atoms with Gasteiger partial charge < -0.3 is 14.9 Å².